The third-order valence-electron chi connectivity index (χ3n) is 1.44. The number of unbranched alkanes of at least 4 members (excludes halogenated alkanes) is 3. The Bertz CT molecular complexity index is 139. The highest BCUT2D eigenvalue weighted by molar-refractivity contribution is 5.81. The average molecular weight is 169 g/mol. The molecule has 0 spiro atoms. The van der Waals surface area contributed by atoms with E-state index >= 15 is 0 Å². The minimum absolute atomic E-state index is 0.243. The van der Waals surface area contributed by atoms with Gasteiger partial charge in [-0.3, -0.25) is 0 Å². The summed E-state index contributed by atoms with van der Waals surface area (Å²) in [5.41, 5.74) is 0. The Kier molecular flexibility index (Phi) is 7.76. The fourth-order valence-electron chi connectivity index (χ4n) is 0.813. The summed E-state index contributed by atoms with van der Waals surface area (Å²) in [5, 5.41) is 0. The quantitative estimate of drug-likeness (QED) is 0.347. The fourth-order valence-corrected chi connectivity index (χ4v) is 0.813. The second kappa shape index (κ2) is 8.31. The number of hydrogen-bond donors (Lipinski definition) is 0. The fraction of sp³-hybridized carbons (Fsp3) is 0.600. The van der Waals surface area contributed by atoms with Gasteiger partial charge in [0, 0.05) is 6.08 Å². The number of ether oxygens (including phenoxy) is 1. The molecule has 0 aliphatic rings. The number of esters is 1. The van der Waals surface area contributed by atoms with Gasteiger partial charge in [0.2, 0.25) is 0 Å². The van der Waals surface area contributed by atoms with Gasteiger partial charge >= 0.3 is 5.97 Å². The van der Waals surface area contributed by atoms with Crippen LogP contribution in [0.3, 0.4) is 0 Å². The molecule has 0 fully saturated rings. The zero-order valence-corrected chi connectivity index (χ0v) is 7.71. The molecule has 0 saturated heterocycles. The molecule has 69 valence electrons. The van der Waals surface area contributed by atoms with E-state index in [1.165, 1.54) is 6.08 Å². The Hall–Kier alpha value is -0.790. The van der Waals surface area contributed by atoms with Gasteiger partial charge < -0.3 is 4.74 Å². The molecule has 2 heteroatoms. The lowest BCUT2D eigenvalue weighted by Gasteiger charge is -2.00. The molecule has 0 aromatic carbocycles. The standard InChI is InChI=1S/C10H17O2/c1-3-5-6-7-9-12-10(11)8-4-2/h4,8H,1,3,5-7,9H2,2H3. The molecule has 12 heavy (non-hydrogen) atoms. The van der Waals surface area contributed by atoms with Gasteiger partial charge in [0.05, 0.1) is 6.61 Å². The monoisotopic (exact) mass is 169 g/mol. The summed E-state index contributed by atoms with van der Waals surface area (Å²) in [4.78, 5) is 10.8. The lowest BCUT2D eigenvalue weighted by molar-refractivity contribution is -0.137. The number of carbonyl (C=O) groups excluding carboxylic acids is 1. The maximum Gasteiger partial charge on any atom is 0.330 e. The molecule has 0 aliphatic carbocycles. The molecular weight excluding hydrogens is 152 g/mol. The second-order valence-corrected chi connectivity index (χ2v) is 2.58. The molecule has 0 N–H and O–H groups in total. The Balaban J connectivity index is 3.14. The molecule has 0 aliphatic heterocycles. The first-order valence-corrected chi connectivity index (χ1v) is 4.40. The van der Waals surface area contributed by atoms with Gasteiger partial charge in [0.15, 0.2) is 0 Å². The van der Waals surface area contributed by atoms with E-state index in [4.69, 9.17) is 4.74 Å². The predicted molar refractivity (Wildman–Crippen MR) is 49.6 cm³/mol. The van der Waals surface area contributed by atoms with Gasteiger partial charge in [0.1, 0.15) is 0 Å². The second-order valence-electron chi connectivity index (χ2n) is 2.58. The molecule has 0 heterocycles. The van der Waals surface area contributed by atoms with Crippen LogP contribution in [-0.4, -0.2) is 12.6 Å². The summed E-state index contributed by atoms with van der Waals surface area (Å²) in [6.45, 7) is 6.06. The lowest BCUT2D eigenvalue weighted by Crippen LogP contribution is -2.01. The highest BCUT2D eigenvalue weighted by atomic mass is 16.5. The van der Waals surface area contributed by atoms with Crippen LogP contribution in [0.1, 0.15) is 32.6 Å². The first-order chi connectivity index (χ1) is 5.81. The molecule has 0 bridgehead atoms. The molecule has 0 rings (SSSR count). The summed E-state index contributed by atoms with van der Waals surface area (Å²) in [7, 11) is 0. The van der Waals surface area contributed by atoms with Crippen molar-refractivity contribution in [2.24, 2.45) is 0 Å². The summed E-state index contributed by atoms with van der Waals surface area (Å²) < 4.78 is 4.88. The first kappa shape index (κ1) is 11.2. The largest absolute Gasteiger partial charge is 0.463 e. The lowest BCUT2D eigenvalue weighted by atomic mass is 10.2. The summed E-state index contributed by atoms with van der Waals surface area (Å²) in [6, 6.07) is 0. The molecule has 1 radical (unpaired) electrons. The van der Waals surface area contributed by atoms with Gasteiger partial charge in [-0.15, -0.1) is 0 Å². The van der Waals surface area contributed by atoms with E-state index in [-0.39, 0.29) is 5.97 Å². The van der Waals surface area contributed by atoms with Gasteiger partial charge in [-0.2, -0.15) is 0 Å². The summed E-state index contributed by atoms with van der Waals surface area (Å²) in [5.74, 6) is -0.243. The zero-order chi connectivity index (χ0) is 9.23. The minimum Gasteiger partial charge on any atom is -0.463 e. The molecule has 2 nitrogen and oxygen atoms in total. The highest BCUT2D eigenvalue weighted by Gasteiger charge is 1.94. The van der Waals surface area contributed by atoms with Crippen LogP contribution in [0.5, 0.6) is 0 Å². The molecule has 0 saturated carbocycles. The number of carbonyl (C=O) groups is 1. The molecule has 0 aromatic rings. The first-order valence-electron chi connectivity index (χ1n) is 4.40. The van der Waals surface area contributed by atoms with Crippen molar-refractivity contribution in [2.75, 3.05) is 6.61 Å². The van der Waals surface area contributed by atoms with Crippen molar-refractivity contribution in [1.29, 1.82) is 0 Å². The smallest absolute Gasteiger partial charge is 0.330 e. The van der Waals surface area contributed by atoms with Crippen molar-refractivity contribution in [2.45, 2.75) is 32.6 Å². The van der Waals surface area contributed by atoms with E-state index in [1.807, 2.05) is 0 Å². The van der Waals surface area contributed by atoms with Crippen LogP contribution in [0.15, 0.2) is 12.2 Å². The summed E-state index contributed by atoms with van der Waals surface area (Å²) >= 11 is 0. The predicted octanol–water partition coefficient (Wildman–Crippen LogP) is 2.50. The van der Waals surface area contributed by atoms with E-state index in [1.54, 1.807) is 13.0 Å². The van der Waals surface area contributed by atoms with Crippen LogP contribution in [0.4, 0.5) is 0 Å². The van der Waals surface area contributed by atoms with Crippen molar-refractivity contribution in [3.8, 4) is 0 Å². The van der Waals surface area contributed by atoms with Crippen molar-refractivity contribution >= 4 is 5.97 Å². The molecule has 0 unspecified atom stereocenters. The molecule has 0 aromatic heterocycles. The van der Waals surface area contributed by atoms with Crippen LogP contribution in [0.25, 0.3) is 0 Å². The zero-order valence-electron chi connectivity index (χ0n) is 7.71. The Labute approximate surface area is 74.6 Å². The topological polar surface area (TPSA) is 26.3 Å². The van der Waals surface area contributed by atoms with E-state index in [2.05, 4.69) is 6.92 Å². The maximum atomic E-state index is 10.8. The van der Waals surface area contributed by atoms with Crippen LogP contribution < -0.4 is 0 Å². The van der Waals surface area contributed by atoms with Gasteiger partial charge in [-0.1, -0.05) is 32.3 Å². The SMILES string of the molecule is [CH2]CCCCCOC(=O)C=CC. The van der Waals surface area contributed by atoms with Crippen LogP contribution in [0, 0.1) is 6.92 Å². The van der Waals surface area contributed by atoms with Gasteiger partial charge in [0.25, 0.3) is 0 Å². The average Bonchev–Trinajstić information content (AvgIpc) is 2.05. The van der Waals surface area contributed by atoms with Crippen molar-refractivity contribution in [3.05, 3.63) is 19.1 Å². The van der Waals surface area contributed by atoms with Crippen LogP contribution >= 0.6 is 0 Å². The normalized spacial score (nSPS) is 10.5. The molecular formula is C10H17O2. The van der Waals surface area contributed by atoms with Gasteiger partial charge in [-0.05, 0) is 13.3 Å². The summed E-state index contributed by atoms with van der Waals surface area (Å²) in [6.07, 6.45) is 7.22. The minimum atomic E-state index is -0.243. The Morgan fingerprint density at radius 3 is 2.75 bits per heavy atom. The van der Waals surface area contributed by atoms with E-state index in [0.717, 1.165) is 25.7 Å². The number of allylic oxidation sites excluding steroid dienone is 1. The number of hydrogen-bond acceptors (Lipinski definition) is 2. The molecule has 0 amide bonds. The van der Waals surface area contributed by atoms with E-state index in [9.17, 15) is 4.79 Å². The van der Waals surface area contributed by atoms with Crippen molar-refractivity contribution < 1.29 is 9.53 Å². The third kappa shape index (κ3) is 7.32. The van der Waals surface area contributed by atoms with E-state index < -0.39 is 0 Å². The van der Waals surface area contributed by atoms with Gasteiger partial charge in [-0.25, -0.2) is 4.79 Å². The molecule has 0 atom stereocenters. The van der Waals surface area contributed by atoms with E-state index in [0.29, 0.717) is 6.61 Å². The van der Waals surface area contributed by atoms with Crippen LogP contribution in [-0.2, 0) is 9.53 Å². The van der Waals surface area contributed by atoms with Crippen molar-refractivity contribution in [1.82, 2.24) is 0 Å². The van der Waals surface area contributed by atoms with Crippen LogP contribution in [0.2, 0.25) is 0 Å². The maximum absolute atomic E-state index is 10.8. The third-order valence-corrected chi connectivity index (χ3v) is 1.44. The highest BCUT2D eigenvalue weighted by Crippen LogP contribution is 1.98. The van der Waals surface area contributed by atoms with Crippen molar-refractivity contribution in [3.63, 3.8) is 0 Å². The number of rotatable bonds is 6. The Morgan fingerprint density at radius 1 is 1.42 bits per heavy atom. The Morgan fingerprint density at radius 2 is 2.17 bits per heavy atom.